The van der Waals surface area contributed by atoms with Gasteiger partial charge in [-0.2, -0.15) is 0 Å². The van der Waals surface area contributed by atoms with Gasteiger partial charge in [-0.25, -0.2) is 0 Å². The number of likely N-dealkylation sites (tertiary alicyclic amines) is 1. The Morgan fingerprint density at radius 1 is 1.08 bits per heavy atom. The normalized spacial score (nSPS) is 21.8. The highest BCUT2D eigenvalue weighted by Crippen LogP contribution is 2.30. The van der Waals surface area contributed by atoms with E-state index in [-0.39, 0.29) is 23.7 Å². The van der Waals surface area contributed by atoms with E-state index in [1.54, 1.807) is 11.0 Å². The first-order valence-electron chi connectivity index (χ1n) is 8.55. The van der Waals surface area contributed by atoms with Crippen LogP contribution in [0.5, 0.6) is 5.75 Å². The van der Waals surface area contributed by atoms with Gasteiger partial charge in [-0.05, 0) is 17.7 Å². The Morgan fingerprint density at radius 2 is 1.84 bits per heavy atom. The number of nitrogens with one attached hydrogen (secondary N) is 1. The number of para-hydroxylation sites is 1. The van der Waals surface area contributed by atoms with Crippen LogP contribution < -0.4 is 10.1 Å². The van der Waals surface area contributed by atoms with E-state index in [1.165, 1.54) is 0 Å². The van der Waals surface area contributed by atoms with E-state index < -0.39 is 0 Å². The maximum Gasteiger partial charge on any atom is 0.257 e. The van der Waals surface area contributed by atoms with E-state index in [0.29, 0.717) is 37.6 Å². The smallest absolute Gasteiger partial charge is 0.257 e. The van der Waals surface area contributed by atoms with Crippen LogP contribution in [-0.4, -0.2) is 36.3 Å². The third-order valence-electron chi connectivity index (χ3n) is 4.96. The SMILES string of the molecule is O=C1NC[C@H]2CN(C(=O)c3ccccc3OCc3ccccc3)C[C@@H]12. The van der Waals surface area contributed by atoms with E-state index in [4.69, 9.17) is 4.74 Å². The van der Waals surface area contributed by atoms with Gasteiger partial charge in [-0.3, -0.25) is 9.59 Å². The van der Waals surface area contributed by atoms with Gasteiger partial charge in [0.15, 0.2) is 0 Å². The largest absolute Gasteiger partial charge is 0.488 e. The van der Waals surface area contributed by atoms with Gasteiger partial charge in [-0.1, -0.05) is 42.5 Å². The molecular weight excluding hydrogens is 316 g/mol. The number of ether oxygens (including phenoxy) is 1. The maximum absolute atomic E-state index is 12.9. The third-order valence-corrected chi connectivity index (χ3v) is 4.96. The second kappa shape index (κ2) is 6.59. The highest BCUT2D eigenvalue weighted by molar-refractivity contribution is 5.97. The summed E-state index contributed by atoms with van der Waals surface area (Å²) in [7, 11) is 0. The molecule has 0 bridgehead atoms. The first-order valence-corrected chi connectivity index (χ1v) is 8.55. The van der Waals surface area contributed by atoms with Crippen molar-refractivity contribution >= 4 is 11.8 Å². The molecule has 0 spiro atoms. The molecule has 0 saturated carbocycles. The van der Waals surface area contributed by atoms with Crippen LogP contribution >= 0.6 is 0 Å². The Hall–Kier alpha value is -2.82. The summed E-state index contributed by atoms with van der Waals surface area (Å²) in [6.07, 6.45) is 0. The van der Waals surface area contributed by atoms with Crippen LogP contribution in [0.15, 0.2) is 54.6 Å². The molecule has 2 aromatic carbocycles. The second-order valence-electron chi connectivity index (χ2n) is 6.59. The van der Waals surface area contributed by atoms with E-state index in [2.05, 4.69) is 5.32 Å². The van der Waals surface area contributed by atoms with Crippen LogP contribution in [0.2, 0.25) is 0 Å². The minimum Gasteiger partial charge on any atom is -0.488 e. The summed E-state index contributed by atoms with van der Waals surface area (Å²) in [4.78, 5) is 26.5. The molecular formula is C20H20N2O3. The Morgan fingerprint density at radius 3 is 2.64 bits per heavy atom. The lowest BCUT2D eigenvalue weighted by molar-refractivity contribution is -0.122. The number of carbonyl (C=O) groups is 2. The summed E-state index contributed by atoms with van der Waals surface area (Å²) in [5.41, 5.74) is 1.61. The molecule has 2 amide bonds. The van der Waals surface area contributed by atoms with Crippen LogP contribution in [0.1, 0.15) is 15.9 Å². The monoisotopic (exact) mass is 336 g/mol. The molecule has 5 nitrogen and oxygen atoms in total. The topological polar surface area (TPSA) is 58.6 Å². The number of fused-ring (bicyclic) bond motifs is 1. The highest BCUT2D eigenvalue weighted by atomic mass is 16.5. The van der Waals surface area contributed by atoms with Crippen molar-refractivity contribution < 1.29 is 14.3 Å². The molecule has 2 aromatic rings. The molecule has 0 aliphatic carbocycles. The molecule has 2 heterocycles. The standard InChI is InChI=1S/C20H20N2O3/c23-19-17-12-22(11-15(17)10-21-19)20(24)16-8-4-5-9-18(16)25-13-14-6-2-1-3-7-14/h1-9,15,17H,10-13H2,(H,21,23)/t15-,17+/m0/s1. The first kappa shape index (κ1) is 15.7. The fraction of sp³-hybridized carbons (Fsp3) is 0.300. The number of hydrogen-bond acceptors (Lipinski definition) is 3. The van der Waals surface area contributed by atoms with Gasteiger partial charge in [0.2, 0.25) is 5.91 Å². The average molecular weight is 336 g/mol. The fourth-order valence-corrected chi connectivity index (χ4v) is 3.58. The average Bonchev–Trinajstić information content (AvgIpc) is 3.23. The number of hydrogen-bond donors (Lipinski definition) is 1. The molecule has 2 saturated heterocycles. The van der Waals surface area contributed by atoms with E-state index in [9.17, 15) is 9.59 Å². The molecule has 4 rings (SSSR count). The van der Waals surface area contributed by atoms with Crippen LogP contribution in [0.4, 0.5) is 0 Å². The molecule has 0 radical (unpaired) electrons. The number of nitrogens with zero attached hydrogens (tertiary/aromatic N) is 1. The number of benzene rings is 2. The zero-order chi connectivity index (χ0) is 17.2. The second-order valence-corrected chi connectivity index (χ2v) is 6.59. The van der Waals surface area contributed by atoms with Crippen molar-refractivity contribution in [1.29, 1.82) is 0 Å². The van der Waals surface area contributed by atoms with E-state index in [0.717, 1.165) is 5.56 Å². The predicted molar refractivity (Wildman–Crippen MR) is 93.1 cm³/mol. The van der Waals surface area contributed by atoms with Crippen molar-refractivity contribution in [2.24, 2.45) is 11.8 Å². The van der Waals surface area contributed by atoms with E-state index in [1.807, 2.05) is 48.5 Å². The summed E-state index contributed by atoms with van der Waals surface area (Å²) < 4.78 is 5.89. The van der Waals surface area contributed by atoms with Crippen molar-refractivity contribution in [3.63, 3.8) is 0 Å². The minimum atomic E-state index is -0.0682. The van der Waals surface area contributed by atoms with Gasteiger partial charge in [0, 0.05) is 25.6 Å². The van der Waals surface area contributed by atoms with Crippen LogP contribution in [-0.2, 0) is 11.4 Å². The van der Waals surface area contributed by atoms with Gasteiger partial charge in [0.1, 0.15) is 12.4 Å². The molecule has 2 fully saturated rings. The van der Waals surface area contributed by atoms with Crippen molar-refractivity contribution in [2.75, 3.05) is 19.6 Å². The summed E-state index contributed by atoms with van der Waals surface area (Å²) in [6.45, 7) is 2.19. The molecule has 128 valence electrons. The summed E-state index contributed by atoms with van der Waals surface area (Å²) >= 11 is 0. The lowest BCUT2D eigenvalue weighted by Gasteiger charge is -2.19. The Labute approximate surface area is 146 Å². The fourth-order valence-electron chi connectivity index (χ4n) is 3.58. The highest BCUT2D eigenvalue weighted by Gasteiger charge is 2.43. The summed E-state index contributed by atoms with van der Waals surface area (Å²) in [5, 5.41) is 2.87. The van der Waals surface area contributed by atoms with Crippen molar-refractivity contribution in [3.8, 4) is 5.75 Å². The molecule has 5 heteroatoms. The third kappa shape index (κ3) is 3.09. The molecule has 2 aliphatic rings. The van der Waals surface area contributed by atoms with Gasteiger partial charge >= 0.3 is 0 Å². The molecule has 25 heavy (non-hydrogen) atoms. The lowest BCUT2D eigenvalue weighted by Crippen LogP contribution is -2.33. The van der Waals surface area contributed by atoms with Gasteiger partial charge in [0.05, 0.1) is 11.5 Å². The minimum absolute atomic E-state index is 0.0638. The van der Waals surface area contributed by atoms with Crippen molar-refractivity contribution in [3.05, 3.63) is 65.7 Å². The Kier molecular flexibility index (Phi) is 4.14. The Bertz CT molecular complexity index is 791. The maximum atomic E-state index is 12.9. The predicted octanol–water partition coefficient (Wildman–Crippen LogP) is 2.08. The number of carbonyl (C=O) groups excluding carboxylic acids is 2. The molecule has 2 aliphatic heterocycles. The first-order chi connectivity index (χ1) is 12.2. The van der Waals surface area contributed by atoms with E-state index >= 15 is 0 Å². The number of rotatable bonds is 4. The van der Waals surface area contributed by atoms with Gasteiger partial charge in [-0.15, -0.1) is 0 Å². The molecule has 2 atom stereocenters. The molecule has 0 aromatic heterocycles. The van der Waals surface area contributed by atoms with Crippen LogP contribution in [0.3, 0.4) is 0 Å². The van der Waals surface area contributed by atoms with Gasteiger partial charge < -0.3 is 15.0 Å². The Balaban J connectivity index is 1.49. The van der Waals surface area contributed by atoms with Crippen LogP contribution in [0.25, 0.3) is 0 Å². The quantitative estimate of drug-likeness (QED) is 0.930. The van der Waals surface area contributed by atoms with Gasteiger partial charge in [0.25, 0.3) is 5.91 Å². The van der Waals surface area contributed by atoms with Crippen molar-refractivity contribution in [2.45, 2.75) is 6.61 Å². The van der Waals surface area contributed by atoms with Crippen LogP contribution in [0, 0.1) is 11.8 Å². The summed E-state index contributed by atoms with van der Waals surface area (Å²) in [5.74, 6) is 0.743. The molecule has 0 unspecified atom stereocenters. The lowest BCUT2D eigenvalue weighted by atomic mass is 10.0. The number of amides is 2. The zero-order valence-electron chi connectivity index (χ0n) is 13.9. The molecule has 1 N–H and O–H groups in total. The zero-order valence-corrected chi connectivity index (χ0v) is 13.9. The van der Waals surface area contributed by atoms with Crippen molar-refractivity contribution in [1.82, 2.24) is 10.2 Å². The summed E-state index contributed by atoms with van der Waals surface area (Å²) in [6, 6.07) is 17.2.